The first-order valence-corrected chi connectivity index (χ1v) is 14.3. The number of carbonyl (C=O) groups is 1. The van der Waals surface area contributed by atoms with E-state index >= 15 is 0 Å². The monoisotopic (exact) mass is 570 g/mol. The van der Waals surface area contributed by atoms with Crippen molar-refractivity contribution < 1.29 is 22.7 Å². The Morgan fingerprint density at radius 1 is 0.923 bits per heavy atom. The van der Waals surface area contributed by atoms with E-state index in [0.717, 1.165) is 9.01 Å². The number of hydrogen-bond acceptors (Lipinski definition) is 10. The summed E-state index contributed by atoms with van der Waals surface area (Å²) in [6.45, 7) is 0.857. The predicted molar refractivity (Wildman–Crippen MR) is 149 cm³/mol. The topological polar surface area (TPSA) is 140 Å². The maximum atomic E-state index is 13.7. The van der Waals surface area contributed by atoms with Crippen LogP contribution in [-0.2, 0) is 10.0 Å². The number of nitrogens with zero attached hydrogens (tertiary/aromatic N) is 6. The summed E-state index contributed by atoms with van der Waals surface area (Å²) in [6, 6.07) is 13.0. The first kappa shape index (κ1) is 29.8. The number of methoxy groups -OCH3 is 2. The normalized spacial score (nSPS) is 11.4. The molecule has 0 spiro atoms. The Balaban J connectivity index is 1.97. The number of amides is 1. The number of benzene rings is 2. The first-order chi connectivity index (χ1) is 18.7. The van der Waals surface area contributed by atoms with Crippen molar-refractivity contribution >= 4 is 42.6 Å². The fraction of sp³-hybridized carbons (Fsp3) is 0.385. The summed E-state index contributed by atoms with van der Waals surface area (Å²) in [5.74, 6) is 0.824. The fourth-order valence-electron chi connectivity index (χ4n) is 3.75. The standard InChI is InChI=1S/C26H30N6O5S2/c1-30(2)17-18-32(26-29-23-21(36-3)11-12-22(37-4)24(23)38-26)25(33)19-7-9-20(10-8-19)39(34,35)31(15-5-13-27)16-6-14-28/h7-12H,5-6,15-18H2,1-4H3. The second-order valence-corrected chi connectivity index (χ2v) is 11.6. The number of ether oxygens (including phenoxy) is 2. The molecule has 0 saturated heterocycles. The summed E-state index contributed by atoms with van der Waals surface area (Å²) in [5.41, 5.74) is 0.863. The third-order valence-corrected chi connectivity index (χ3v) is 8.84. The lowest BCUT2D eigenvalue weighted by atomic mass is 10.2. The Morgan fingerprint density at radius 2 is 1.51 bits per heavy atom. The van der Waals surface area contributed by atoms with Crippen LogP contribution in [0.15, 0.2) is 41.3 Å². The summed E-state index contributed by atoms with van der Waals surface area (Å²) in [6.07, 6.45) is -0.000394. The van der Waals surface area contributed by atoms with Crippen molar-refractivity contribution in [3.05, 3.63) is 42.0 Å². The van der Waals surface area contributed by atoms with Crippen LogP contribution in [0.25, 0.3) is 10.2 Å². The minimum absolute atomic E-state index is 0.000197. The van der Waals surface area contributed by atoms with Gasteiger partial charge in [-0.15, -0.1) is 0 Å². The summed E-state index contributed by atoms with van der Waals surface area (Å²) < 4.78 is 39.1. The van der Waals surface area contributed by atoms with E-state index < -0.39 is 10.0 Å². The second-order valence-electron chi connectivity index (χ2n) is 8.65. The number of sulfonamides is 1. The largest absolute Gasteiger partial charge is 0.495 e. The molecule has 2 aromatic carbocycles. The summed E-state index contributed by atoms with van der Waals surface area (Å²) in [7, 11) is 2.96. The van der Waals surface area contributed by atoms with Crippen LogP contribution in [-0.4, -0.2) is 83.0 Å². The van der Waals surface area contributed by atoms with E-state index in [4.69, 9.17) is 25.0 Å². The third kappa shape index (κ3) is 6.82. The van der Waals surface area contributed by atoms with Crippen LogP contribution in [0, 0.1) is 22.7 Å². The highest BCUT2D eigenvalue weighted by molar-refractivity contribution is 7.89. The quantitative estimate of drug-likeness (QED) is 0.303. The third-order valence-electron chi connectivity index (χ3n) is 5.83. The van der Waals surface area contributed by atoms with Gasteiger partial charge in [0.25, 0.3) is 5.91 Å². The molecule has 0 atom stereocenters. The van der Waals surface area contributed by atoms with Crippen LogP contribution >= 0.6 is 11.3 Å². The van der Waals surface area contributed by atoms with Crippen molar-refractivity contribution in [2.75, 3.05) is 59.4 Å². The molecule has 0 radical (unpaired) electrons. The number of aromatic nitrogens is 1. The molecule has 1 amide bonds. The number of fused-ring (bicyclic) bond motifs is 1. The van der Waals surface area contributed by atoms with Crippen LogP contribution in [0.1, 0.15) is 23.2 Å². The van der Waals surface area contributed by atoms with Gasteiger partial charge in [-0.1, -0.05) is 11.3 Å². The number of anilines is 1. The number of hydrogen-bond donors (Lipinski definition) is 0. The fourth-order valence-corrected chi connectivity index (χ4v) is 6.29. The lowest BCUT2D eigenvalue weighted by Gasteiger charge is -2.22. The molecular formula is C26H30N6O5S2. The van der Waals surface area contributed by atoms with Crippen LogP contribution < -0.4 is 14.4 Å². The number of nitriles is 2. The van der Waals surface area contributed by atoms with Crippen LogP contribution in [0.3, 0.4) is 0 Å². The van der Waals surface area contributed by atoms with Gasteiger partial charge in [0.2, 0.25) is 10.0 Å². The molecule has 11 nitrogen and oxygen atoms in total. The Labute approximate surface area is 232 Å². The molecule has 1 aromatic heterocycles. The van der Waals surface area contributed by atoms with Crippen molar-refractivity contribution in [2.45, 2.75) is 17.7 Å². The Bertz CT molecular complexity index is 1430. The van der Waals surface area contributed by atoms with Crippen molar-refractivity contribution in [1.82, 2.24) is 14.2 Å². The zero-order valence-electron chi connectivity index (χ0n) is 22.2. The Morgan fingerprint density at radius 3 is 2.05 bits per heavy atom. The maximum absolute atomic E-state index is 13.7. The number of rotatable bonds is 13. The van der Waals surface area contributed by atoms with Gasteiger partial charge in [-0.3, -0.25) is 9.69 Å². The molecule has 3 aromatic rings. The van der Waals surface area contributed by atoms with E-state index in [1.54, 1.807) is 31.3 Å². The molecule has 13 heteroatoms. The van der Waals surface area contributed by atoms with Gasteiger partial charge in [-0.25, -0.2) is 13.4 Å². The molecule has 0 saturated carbocycles. The molecule has 39 heavy (non-hydrogen) atoms. The maximum Gasteiger partial charge on any atom is 0.260 e. The molecule has 206 valence electrons. The highest BCUT2D eigenvalue weighted by Crippen LogP contribution is 2.40. The van der Waals surface area contributed by atoms with Gasteiger partial charge >= 0.3 is 0 Å². The zero-order chi connectivity index (χ0) is 28.6. The van der Waals surface area contributed by atoms with Crippen molar-refractivity contribution in [3.8, 4) is 23.6 Å². The lowest BCUT2D eigenvalue weighted by Crippen LogP contribution is -2.37. The molecule has 0 aliphatic rings. The molecule has 3 rings (SSSR count). The molecular weight excluding hydrogens is 540 g/mol. The van der Waals surface area contributed by atoms with Gasteiger partial charge < -0.3 is 14.4 Å². The minimum Gasteiger partial charge on any atom is -0.495 e. The van der Waals surface area contributed by atoms with E-state index in [1.165, 1.54) is 35.6 Å². The lowest BCUT2D eigenvalue weighted by molar-refractivity contribution is 0.0985. The SMILES string of the molecule is COc1ccc(OC)c2sc(N(CCN(C)C)C(=O)c3ccc(S(=O)(=O)N(CCC#N)CCC#N)cc3)nc12. The highest BCUT2D eigenvalue weighted by atomic mass is 32.2. The molecule has 0 aliphatic carbocycles. The number of carbonyl (C=O) groups excluding carboxylic acids is 1. The van der Waals surface area contributed by atoms with Gasteiger partial charge in [0, 0.05) is 44.6 Å². The Hall–Kier alpha value is -3.75. The van der Waals surface area contributed by atoms with Crippen LogP contribution in [0.2, 0.25) is 0 Å². The van der Waals surface area contributed by atoms with Gasteiger partial charge in [0.05, 0.1) is 31.3 Å². The van der Waals surface area contributed by atoms with Gasteiger partial charge in [0.1, 0.15) is 21.7 Å². The van der Waals surface area contributed by atoms with Crippen molar-refractivity contribution in [3.63, 3.8) is 0 Å². The molecule has 0 bridgehead atoms. The van der Waals surface area contributed by atoms with Gasteiger partial charge in [0.15, 0.2) is 5.13 Å². The van der Waals surface area contributed by atoms with E-state index in [1.807, 2.05) is 31.1 Å². The number of likely N-dealkylation sites (N-methyl/N-ethyl adjacent to an activating group) is 1. The predicted octanol–water partition coefficient (Wildman–Crippen LogP) is 3.34. The van der Waals surface area contributed by atoms with Crippen molar-refractivity contribution in [1.29, 1.82) is 10.5 Å². The molecule has 0 N–H and O–H groups in total. The number of thiazole rings is 1. The zero-order valence-corrected chi connectivity index (χ0v) is 23.9. The van der Waals surface area contributed by atoms with Crippen LogP contribution in [0.4, 0.5) is 5.13 Å². The summed E-state index contributed by atoms with van der Waals surface area (Å²) in [4.78, 5) is 21.9. The van der Waals surface area contributed by atoms with E-state index in [-0.39, 0.29) is 42.3 Å². The minimum atomic E-state index is -3.95. The van der Waals surface area contributed by atoms with Crippen molar-refractivity contribution in [2.24, 2.45) is 0 Å². The molecule has 0 aliphatic heterocycles. The van der Waals surface area contributed by atoms with Gasteiger partial charge in [-0.2, -0.15) is 14.8 Å². The molecule has 0 unspecified atom stereocenters. The second kappa shape index (κ2) is 13.4. The van der Waals surface area contributed by atoms with E-state index in [9.17, 15) is 13.2 Å². The molecule has 0 fully saturated rings. The summed E-state index contributed by atoms with van der Waals surface area (Å²) in [5, 5.41) is 18.3. The first-order valence-electron chi connectivity index (χ1n) is 12.0. The average molecular weight is 571 g/mol. The molecule has 1 heterocycles. The van der Waals surface area contributed by atoms with Gasteiger partial charge in [-0.05, 0) is 50.5 Å². The highest BCUT2D eigenvalue weighted by Gasteiger charge is 2.27. The van der Waals surface area contributed by atoms with Crippen LogP contribution in [0.5, 0.6) is 11.5 Å². The smallest absolute Gasteiger partial charge is 0.260 e. The van der Waals surface area contributed by atoms with E-state index in [0.29, 0.717) is 35.2 Å². The summed E-state index contributed by atoms with van der Waals surface area (Å²) >= 11 is 1.30. The Kier molecular flexibility index (Phi) is 10.2. The average Bonchev–Trinajstić information content (AvgIpc) is 3.37. The van der Waals surface area contributed by atoms with E-state index in [2.05, 4.69) is 0 Å².